The number of nitrogens with two attached hydrogens (primary N) is 2. The van der Waals surface area contributed by atoms with Gasteiger partial charge in [0.15, 0.2) is 0 Å². The van der Waals surface area contributed by atoms with E-state index in [1.54, 1.807) is 7.11 Å². The first kappa shape index (κ1) is 10.4. The van der Waals surface area contributed by atoms with Crippen LogP contribution in [0.4, 0.5) is 11.4 Å². The molecule has 3 heteroatoms. The Balaban J connectivity index is 2.51. The summed E-state index contributed by atoms with van der Waals surface area (Å²) in [5.41, 5.74) is 14.9. The van der Waals surface area contributed by atoms with Crippen molar-refractivity contribution in [1.29, 1.82) is 0 Å². The zero-order valence-electron chi connectivity index (χ0n) is 9.10. The Kier molecular flexibility index (Phi) is 2.68. The lowest BCUT2D eigenvalue weighted by Crippen LogP contribution is -1.91. The van der Waals surface area contributed by atoms with Gasteiger partial charge in [0, 0.05) is 23.0 Å². The highest BCUT2D eigenvalue weighted by atomic mass is 16.5. The maximum absolute atomic E-state index is 5.71. The van der Waals surface area contributed by atoms with Gasteiger partial charge in [0.05, 0.1) is 7.11 Å². The zero-order valence-corrected chi connectivity index (χ0v) is 9.10. The summed E-state index contributed by atoms with van der Waals surface area (Å²) in [6.45, 7) is 0. The molecule has 0 radical (unpaired) electrons. The lowest BCUT2D eigenvalue weighted by molar-refractivity contribution is 0.416. The van der Waals surface area contributed by atoms with Crippen molar-refractivity contribution in [3.8, 4) is 16.9 Å². The second kappa shape index (κ2) is 4.14. The summed E-state index contributed by atoms with van der Waals surface area (Å²) < 4.78 is 5.30. The molecular formula is C13H14N2O. The second-order valence-electron chi connectivity index (χ2n) is 3.58. The summed E-state index contributed by atoms with van der Waals surface area (Å²) in [5, 5.41) is 0. The van der Waals surface area contributed by atoms with Crippen LogP contribution < -0.4 is 16.2 Å². The first-order chi connectivity index (χ1) is 7.70. The average molecular weight is 214 g/mol. The Morgan fingerprint density at radius 3 is 2.12 bits per heavy atom. The van der Waals surface area contributed by atoms with E-state index in [0.29, 0.717) is 5.69 Å². The van der Waals surface area contributed by atoms with Crippen LogP contribution in [0.5, 0.6) is 5.75 Å². The van der Waals surface area contributed by atoms with Crippen LogP contribution in [-0.2, 0) is 0 Å². The van der Waals surface area contributed by atoms with Crippen molar-refractivity contribution in [1.82, 2.24) is 0 Å². The average Bonchev–Trinajstić information content (AvgIpc) is 2.30. The van der Waals surface area contributed by atoms with E-state index in [-0.39, 0.29) is 0 Å². The molecule has 82 valence electrons. The largest absolute Gasteiger partial charge is 0.496 e. The zero-order chi connectivity index (χ0) is 11.5. The van der Waals surface area contributed by atoms with Gasteiger partial charge in [-0.3, -0.25) is 0 Å². The van der Waals surface area contributed by atoms with Crippen molar-refractivity contribution in [3.05, 3.63) is 42.5 Å². The predicted octanol–water partition coefficient (Wildman–Crippen LogP) is 2.53. The molecular weight excluding hydrogens is 200 g/mol. The lowest BCUT2D eigenvalue weighted by atomic mass is 10.0. The second-order valence-corrected chi connectivity index (χ2v) is 3.58. The maximum atomic E-state index is 5.71. The van der Waals surface area contributed by atoms with E-state index in [4.69, 9.17) is 16.2 Å². The summed E-state index contributed by atoms with van der Waals surface area (Å²) >= 11 is 0. The van der Waals surface area contributed by atoms with E-state index in [9.17, 15) is 0 Å². The van der Waals surface area contributed by atoms with Crippen molar-refractivity contribution in [2.24, 2.45) is 0 Å². The SMILES string of the molecule is COc1cc(N)ccc1-c1ccc(N)cc1. The smallest absolute Gasteiger partial charge is 0.128 e. The predicted molar refractivity (Wildman–Crippen MR) is 67.3 cm³/mol. The van der Waals surface area contributed by atoms with Crippen LogP contribution in [-0.4, -0.2) is 7.11 Å². The highest BCUT2D eigenvalue weighted by Crippen LogP contribution is 2.31. The van der Waals surface area contributed by atoms with E-state index in [2.05, 4.69) is 0 Å². The van der Waals surface area contributed by atoms with Gasteiger partial charge in [-0.15, -0.1) is 0 Å². The monoisotopic (exact) mass is 214 g/mol. The van der Waals surface area contributed by atoms with E-state index in [1.807, 2.05) is 42.5 Å². The summed E-state index contributed by atoms with van der Waals surface area (Å²) in [4.78, 5) is 0. The van der Waals surface area contributed by atoms with Crippen LogP contribution in [0, 0.1) is 0 Å². The Bertz CT molecular complexity index is 492. The first-order valence-electron chi connectivity index (χ1n) is 5.00. The van der Waals surface area contributed by atoms with Crippen LogP contribution in [0.25, 0.3) is 11.1 Å². The third-order valence-electron chi connectivity index (χ3n) is 2.45. The standard InChI is InChI=1S/C13H14N2O/c1-16-13-8-11(15)6-7-12(13)9-2-4-10(14)5-3-9/h2-8H,14-15H2,1H3. The molecule has 0 fully saturated rings. The fourth-order valence-electron chi connectivity index (χ4n) is 1.61. The minimum atomic E-state index is 0.691. The molecule has 0 aliphatic rings. The highest BCUT2D eigenvalue weighted by molar-refractivity contribution is 5.73. The van der Waals surface area contributed by atoms with E-state index in [0.717, 1.165) is 22.6 Å². The molecule has 2 rings (SSSR count). The van der Waals surface area contributed by atoms with Gasteiger partial charge in [-0.1, -0.05) is 12.1 Å². The molecule has 0 saturated carbocycles. The number of nitrogen functional groups attached to an aromatic ring is 2. The minimum Gasteiger partial charge on any atom is -0.496 e. The normalized spacial score (nSPS) is 10.1. The minimum absolute atomic E-state index is 0.691. The summed E-state index contributed by atoms with van der Waals surface area (Å²) in [5.74, 6) is 0.768. The lowest BCUT2D eigenvalue weighted by Gasteiger charge is -2.09. The number of ether oxygens (including phenoxy) is 1. The number of rotatable bonds is 2. The van der Waals surface area contributed by atoms with Crippen LogP contribution in [0.3, 0.4) is 0 Å². The van der Waals surface area contributed by atoms with Crippen LogP contribution in [0.15, 0.2) is 42.5 Å². The van der Waals surface area contributed by atoms with Gasteiger partial charge >= 0.3 is 0 Å². The van der Waals surface area contributed by atoms with Gasteiger partial charge in [0.2, 0.25) is 0 Å². The number of hydrogen-bond donors (Lipinski definition) is 2. The van der Waals surface area contributed by atoms with Crippen molar-refractivity contribution in [2.45, 2.75) is 0 Å². The molecule has 0 aliphatic carbocycles. The molecule has 0 bridgehead atoms. The van der Waals surface area contributed by atoms with Crippen molar-refractivity contribution in [3.63, 3.8) is 0 Å². The molecule has 0 spiro atoms. The molecule has 2 aromatic rings. The Morgan fingerprint density at radius 2 is 1.50 bits per heavy atom. The number of anilines is 2. The molecule has 0 atom stereocenters. The Labute approximate surface area is 94.6 Å². The molecule has 0 aliphatic heterocycles. The number of methoxy groups -OCH3 is 1. The van der Waals surface area contributed by atoms with E-state index in [1.165, 1.54) is 0 Å². The number of hydrogen-bond acceptors (Lipinski definition) is 3. The number of benzene rings is 2. The Hall–Kier alpha value is -2.16. The maximum Gasteiger partial charge on any atom is 0.128 e. The third-order valence-corrected chi connectivity index (χ3v) is 2.45. The van der Waals surface area contributed by atoms with Gasteiger partial charge in [-0.25, -0.2) is 0 Å². The van der Waals surface area contributed by atoms with Crippen LogP contribution >= 0.6 is 0 Å². The molecule has 2 aromatic carbocycles. The topological polar surface area (TPSA) is 61.3 Å². The Morgan fingerprint density at radius 1 is 0.875 bits per heavy atom. The van der Waals surface area contributed by atoms with Gasteiger partial charge in [-0.2, -0.15) is 0 Å². The molecule has 0 aromatic heterocycles. The fraction of sp³-hybridized carbons (Fsp3) is 0.0769. The molecule has 0 unspecified atom stereocenters. The first-order valence-corrected chi connectivity index (χ1v) is 5.00. The molecule has 0 amide bonds. The van der Waals surface area contributed by atoms with Crippen LogP contribution in [0.2, 0.25) is 0 Å². The molecule has 0 saturated heterocycles. The molecule has 16 heavy (non-hydrogen) atoms. The van der Waals surface area contributed by atoms with Gasteiger partial charge in [0.1, 0.15) is 5.75 Å². The third kappa shape index (κ3) is 1.93. The highest BCUT2D eigenvalue weighted by Gasteiger charge is 2.05. The van der Waals surface area contributed by atoms with Crippen molar-refractivity contribution < 1.29 is 4.74 Å². The van der Waals surface area contributed by atoms with Crippen molar-refractivity contribution >= 4 is 11.4 Å². The van der Waals surface area contributed by atoms with Gasteiger partial charge in [-0.05, 0) is 29.8 Å². The quantitative estimate of drug-likeness (QED) is 0.755. The molecule has 3 nitrogen and oxygen atoms in total. The van der Waals surface area contributed by atoms with Gasteiger partial charge < -0.3 is 16.2 Å². The molecule has 4 N–H and O–H groups in total. The van der Waals surface area contributed by atoms with Gasteiger partial charge in [0.25, 0.3) is 0 Å². The summed E-state index contributed by atoms with van der Waals surface area (Å²) in [6.07, 6.45) is 0. The van der Waals surface area contributed by atoms with E-state index >= 15 is 0 Å². The fourth-order valence-corrected chi connectivity index (χ4v) is 1.61. The van der Waals surface area contributed by atoms with Crippen molar-refractivity contribution in [2.75, 3.05) is 18.6 Å². The van der Waals surface area contributed by atoms with E-state index < -0.39 is 0 Å². The van der Waals surface area contributed by atoms with Crippen LogP contribution in [0.1, 0.15) is 0 Å². The molecule has 0 heterocycles. The summed E-state index contributed by atoms with van der Waals surface area (Å²) in [7, 11) is 1.63. The summed E-state index contributed by atoms with van der Waals surface area (Å²) in [6, 6.07) is 13.3.